The van der Waals surface area contributed by atoms with Crippen LogP contribution in [0.4, 0.5) is 0 Å². The maximum absolute atomic E-state index is 6.16. The van der Waals surface area contributed by atoms with Crippen LogP contribution in [0.1, 0.15) is 36.7 Å². The number of rotatable bonds is 6. The lowest BCUT2D eigenvalue weighted by Gasteiger charge is -2.15. The highest BCUT2D eigenvalue weighted by Crippen LogP contribution is 2.28. The van der Waals surface area contributed by atoms with E-state index in [0.717, 1.165) is 29.2 Å². The van der Waals surface area contributed by atoms with Gasteiger partial charge >= 0.3 is 0 Å². The highest BCUT2D eigenvalue weighted by atomic mass is 16.5. The predicted octanol–water partition coefficient (Wildman–Crippen LogP) is 5.23. The van der Waals surface area contributed by atoms with Gasteiger partial charge in [0.05, 0.1) is 11.0 Å². The second kappa shape index (κ2) is 6.91. The van der Waals surface area contributed by atoms with Crippen LogP contribution in [0.3, 0.4) is 0 Å². The van der Waals surface area contributed by atoms with Gasteiger partial charge in [0.25, 0.3) is 0 Å². The lowest BCUT2D eigenvalue weighted by molar-refractivity contribution is 0.287. The highest BCUT2D eigenvalue weighted by molar-refractivity contribution is 5.75. The van der Waals surface area contributed by atoms with Gasteiger partial charge in [-0.15, -0.1) is 6.58 Å². The number of benzene rings is 2. The van der Waals surface area contributed by atoms with Gasteiger partial charge in [-0.25, -0.2) is 4.98 Å². The first-order chi connectivity index (χ1) is 11.6. The van der Waals surface area contributed by atoms with Gasteiger partial charge in [-0.05, 0) is 42.2 Å². The number of para-hydroxylation sites is 2. The third-order valence-electron chi connectivity index (χ3n) is 4.19. The van der Waals surface area contributed by atoms with Crippen LogP contribution in [0, 0.1) is 6.92 Å². The van der Waals surface area contributed by atoms with Crippen LogP contribution in [0.5, 0.6) is 5.75 Å². The number of imidazole rings is 1. The van der Waals surface area contributed by atoms with Crippen LogP contribution < -0.4 is 4.74 Å². The molecule has 3 nitrogen and oxygen atoms in total. The zero-order chi connectivity index (χ0) is 17.1. The van der Waals surface area contributed by atoms with E-state index >= 15 is 0 Å². The van der Waals surface area contributed by atoms with Crippen molar-refractivity contribution >= 4 is 11.0 Å². The number of hydrogen-bond acceptors (Lipinski definition) is 2. The number of nitrogens with zero attached hydrogens (tertiary/aromatic N) is 2. The molecule has 3 aromatic rings. The Morgan fingerprint density at radius 1 is 1.21 bits per heavy atom. The molecule has 0 radical (unpaired) electrons. The molecule has 0 saturated heterocycles. The van der Waals surface area contributed by atoms with E-state index in [2.05, 4.69) is 56.2 Å². The van der Waals surface area contributed by atoms with Crippen LogP contribution in [0.25, 0.3) is 11.0 Å². The van der Waals surface area contributed by atoms with E-state index in [1.165, 1.54) is 11.1 Å². The minimum absolute atomic E-state index is 0.424. The van der Waals surface area contributed by atoms with Gasteiger partial charge in [-0.1, -0.05) is 44.2 Å². The summed E-state index contributed by atoms with van der Waals surface area (Å²) in [6.45, 7) is 11.5. The first-order valence-electron chi connectivity index (χ1n) is 8.38. The summed E-state index contributed by atoms with van der Waals surface area (Å²) in [6, 6.07) is 14.6. The van der Waals surface area contributed by atoms with Gasteiger partial charge in [0.2, 0.25) is 0 Å². The molecule has 1 aromatic heterocycles. The summed E-state index contributed by atoms with van der Waals surface area (Å²) < 4.78 is 8.32. The summed E-state index contributed by atoms with van der Waals surface area (Å²) in [4.78, 5) is 4.73. The Labute approximate surface area is 143 Å². The molecule has 0 bridgehead atoms. The maximum Gasteiger partial charge on any atom is 0.148 e. The zero-order valence-electron chi connectivity index (χ0n) is 14.6. The van der Waals surface area contributed by atoms with Gasteiger partial charge in [-0.2, -0.15) is 0 Å². The Hall–Kier alpha value is -2.55. The fraction of sp³-hybridized carbons (Fsp3) is 0.286. The Balaban J connectivity index is 1.92. The molecule has 0 aliphatic carbocycles. The van der Waals surface area contributed by atoms with E-state index in [9.17, 15) is 0 Å². The zero-order valence-corrected chi connectivity index (χ0v) is 14.6. The van der Waals surface area contributed by atoms with Crippen molar-refractivity contribution in [2.45, 2.75) is 39.8 Å². The van der Waals surface area contributed by atoms with E-state index in [1.807, 2.05) is 24.3 Å². The molecule has 0 unspecified atom stereocenters. The SMILES string of the molecule is C=CCn1c(COc2cc(C)ccc2C(C)C)nc2ccccc21. The Kier molecular flexibility index (Phi) is 4.70. The predicted molar refractivity (Wildman–Crippen MR) is 99.5 cm³/mol. The molecular formula is C21H24N2O. The van der Waals surface area contributed by atoms with Crippen molar-refractivity contribution in [2.24, 2.45) is 0 Å². The van der Waals surface area contributed by atoms with Crippen LogP contribution >= 0.6 is 0 Å². The molecule has 0 aliphatic heterocycles. The summed E-state index contributed by atoms with van der Waals surface area (Å²) in [5.41, 5.74) is 4.54. The van der Waals surface area contributed by atoms with Crippen LogP contribution in [0.2, 0.25) is 0 Å². The fourth-order valence-electron chi connectivity index (χ4n) is 2.95. The van der Waals surface area contributed by atoms with Gasteiger partial charge in [-0.3, -0.25) is 0 Å². The van der Waals surface area contributed by atoms with Gasteiger partial charge < -0.3 is 9.30 Å². The summed E-state index contributed by atoms with van der Waals surface area (Å²) in [7, 11) is 0. The average Bonchev–Trinajstić information content (AvgIpc) is 2.91. The number of allylic oxidation sites excluding steroid dienone is 1. The molecule has 0 saturated carbocycles. The standard InChI is InChI=1S/C21H24N2O/c1-5-12-23-19-9-7-6-8-18(19)22-21(23)14-24-20-13-16(4)10-11-17(20)15(2)3/h5-11,13,15H,1,12,14H2,2-4H3. The van der Waals surface area contributed by atoms with Crippen molar-refractivity contribution in [3.63, 3.8) is 0 Å². The van der Waals surface area contributed by atoms with Gasteiger partial charge in [0.15, 0.2) is 0 Å². The average molecular weight is 320 g/mol. The van der Waals surface area contributed by atoms with Crippen molar-refractivity contribution in [3.8, 4) is 5.75 Å². The fourth-order valence-corrected chi connectivity index (χ4v) is 2.95. The van der Waals surface area contributed by atoms with Crippen LogP contribution in [-0.4, -0.2) is 9.55 Å². The van der Waals surface area contributed by atoms with E-state index < -0.39 is 0 Å². The smallest absolute Gasteiger partial charge is 0.148 e. The molecule has 0 amide bonds. The molecule has 0 aliphatic rings. The molecular weight excluding hydrogens is 296 g/mol. The van der Waals surface area contributed by atoms with Gasteiger partial charge in [0.1, 0.15) is 18.2 Å². The molecule has 2 aromatic carbocycles. The van der Waals surface area contributed by atoms with Crippen molar-refractivity contribution in [3.05, 3.63) is 72.1 Å². The van der Waals surface area contributed by atoms with E-state index in [-0.39, 0.29) is 0 Å². The monoisotopic (exact) mass is 320 g/mol. The molecule has 0 fully saturated rings. The number of ether oxygens (including phenoxy) is 1. The molecule has 124 valence electrons. The summed E-state index contributed by atoms with van der Waals surface area (Å²) in [5.74, 6) is 2.29. The van der Waals surface area contributed by atoms with E-state index in [0.29, 0.717) is 12.5 Å². The van der Waals surface area contributed by atoms with Crippen molar-refractivity contribution in [1.29, 1.82) is 0 Å². The topological polar surface area (TPSA) is 27.1 Å². The quantitative estimate of drug-likeness (QED) is 0.581. The summed E-state index contributed by atoms with van der Waals surface area (Å²) in [5, 5.41) is 0. The van der Waals surface area contributed by atoms with Crippen molar-refractivity contribution in [2.75, 3.05) is 0 Å². The Bertz CT molecular complexity index is 861. The third kappa shape index (κ3) is 3.21. The first kappa shape index (κ1) is 16.3. The van der Waals surface area contributed by atoms with Crippen LogP contribution in [0.15, 0.2) is 55.1 Å². The minimum Gasteiger partial charge on any atom is -0.485 e. The highest BCUT2D eigenvalue weighted by Gasteiger charge is 2.12. The molecule has 0 spiro atoms. The summed E-state index contributed by atoms with van der Waals surface area (Å²) in [6.07, 6.45) is 1.89. The van der Waals surface area contributed by atoms with E-state index in [1.54, 1.807) is 0 Å². The lowest BCUT2D eigenvalue weighted by atomic mass is 10.0. The molecule has 3 rings (SSSR count). The van der Waals surface area contributed by atoms with Crippen LogP contribution in [-0.2, 0) is 13.2 Å². The maximum atomic E-state index is 6.16. The second-order valence-corrected chi connectivity index (χ2v) is 6.40. The Morgan fingerprint density at radius 2 is 2.00 bits per heavy atom. The number of aromatic nitrogens is 2. The first-order valence-corrected chi connectivity index (χ1v) is 8.38. The van der Waals surface area contributed by atoms with Crippen molar-refractivity contribution in [1.82, 2.24) is 9.55 Å². The molecule has 24 heavy (non-hydrogen) atoms. The largest absolute Gasteiger partial charge is 0.485 e. The number of aryl methyl sites for hydroxylation is 1. The second-order valence-electron chi connectivity index (χ2n) is 6.40. The van der Waals surface area contributed by atoms with Gasteiger partial charge in [0, 0.05) is 6.54 Å². The third-order valence-corrected chi connectivity index (χ3v) is 4.19. The molecule has 1 heterocycles. The van der Waals surface area contributed by atoms with E-state index in [4.69, 9.17) is 9.72 Å². The molecule has 3 heteroatoms. The van der Waals surface area contributed by atoms with Crippen molar-refractivity contribution < 1.29 is 4.74 Å². The molecule has 0 atom stereocenters. The number of fused-ring (bicyclic) bond motifs is 1. The minimum atomic E-state index is 0.424. The number of hydrogen-bond donors (Lipinski definition) is 0. The molecule has 0 N–H and O–H groups in total. The Morgan fingerprint density at radius 3 is 2.75 bits per heavy atom. The normalized spacial score (nSPS) is 11.2. The summed E-state index contributed by atoms with van der Waals surface area (Å²) >= 11 is 0. The lowest BCUT2D eigenvalue weighted by Crippen LogP contribution is -2.07.